The maximum Gasteiger partial charge on any atom is 0.332 e. The number of aryl methyl sites for hydroxylation is 2. The molecule has 0 radical (unpaired) electrons. The minimum absolute atomic E-state index is 0.236. The average molecular weight is 406 g/mol. The van der Waals surface area contributed by atoms with Crippen molar-refractivity contribution >= 4 is 11.2 Å². The Morgan fingerprint density at radius 1 is 1.00 bits per heavy atom. The van der Waals surface area contributed by atoms with Gasteiger partial charge in [0.15, 0.2) is 11.2 Å². The van der Waals surface area contributed by atoms with Crippen molar-refractivity contribution in [1.82, 2.24) is 18.7 Å². The van der Waals surface area contributed by atoms with Crippen molar-refractivity contribution in [3.63, 3.8) is 0 Å². The molecule has 0 saturated carbocycles. The van der Waals surface area contributed by atoms with E-state index in [4.69, 9.17) is 9.47 Å². The number of ether oxygens (including phenoxy) is 2. The summed E-state index contributed by atoms with van der Waals surface area (Å²) in [7, 11) is 4.64. The molecule has 0 amide bonds. The number of para-hydroxylation sites is 1. The highest BCUT2D eigenvalue weighted by molar-refractivity contribution is 5.72. The van der Waals surface area contributed by atoms with Gasteiger partial charge in [0.1, 0.15) is 11.5 Å². The lowest BCUT2D eigenvalue weighted by molar-refractivity contribution is 0.411. The van der Waals surface area contributed by atoms with E-state index in [1.807, 2.05) is 55.5 Å². The van der Waals surface area contributed by atoms with E-state index in [9.17, 15) is 9.59 Å². The second-order valence-electron chi connectivity index (χ2n) is 7.08. The van der Waals surface area contributed by atoms with Gasteiger partial charge >= 0.3 is 11.7 Å². The van der Waals surface area contributed by atoms with Gasteiger partial charge in [-0.1, -0.05) is 30.3 Å². The van der Waals surface area contributed by atoms with Crippen LogP contribution in [0.5, 0.6) is 17.5 Å². The number of rotatable bonds is 5. The molecule has 0 fully saturated rings. The molecule has 0 unspecified atom stereocenters. The summed E-state index contributed by atoms with van der Waals surface area (Å²) in [5.74, 6) is 1.33. The number of hydrogen-bond acceptors (Lipinski definition) is 5. The van der Waals surface area contributed by atoms with E-state index in [1.165, 1.54) is 11.6 Å². The van der Waals surface area contributed by atoms with Crippen LogP contribution in [0.3, 0.4) is 0 Å². The van der Waals surface area contributed by atoms with E-state index in [-0.39, 0.29) is 11.7 Å². The van der Waals surface area contributed by atoms with Crippen molar-refractivity contribution in [2.24, 2.45) is 14.1 Å². The fourth-order valence-corrected chi connectivity index (χ4v) is 3.37. The van der Waals surface area contributed by atoms with Crippen LogP contribution < -0.4 is 20.7 Å². The molecule has 2 aromatic carbocycles. The summed E-state index contributed by atoms with van der Waals surface area (Å²) >= 11 is 0. The van der Waals surface area contributed by atoms with Gasteiger partial charge in [0.2, 0.25) is 0 Å². The first-order valence-corrected chi connectivity index (χ1v) is 9.43. The van der Waals surface area contributed by atoms with Crippen molar-refractivity contribution < 1.29 is 9.47 Å². The number of nitrogens with zero attached hydrogens (tertiary/aromatic N) is 4. The number of benzene rings is 2. The van der Waals surface area contributed by atoms with Crippen LogP contribution in [0.15, 0.2) is 58.1 Å². The molecule has 8 nitrogen and oxygen atoms in total. The van der Waals surface area contributed by atoms with Crippen LogP contribution in [0.4, 0.5) is 0 Å². The highest BCUT2D eigenvalue weighted by Crippen LogP contribution is 2.27. The highest BCUT2D eigenvalue weighted by Gasteiger charge is 2.21. The normalized spacial score (nSPS) is 11.1. The zero-order chi connectivity index (χ0) is 21.4. The van der Waals surface area contributed by atoms with Gasteiger partial charge in [-0.05, 0) is 36.2 Å². The van der Waals surface area contributed by atoms with Crippen LogP contribution in [0, 0.1) is 6.92 Å². The van der Waals surface area contributed by atoms with Crippen molar-refractivity contribution in [3.05, 3.63) is 80.5 Å². The third kappa shape index (κ3) is 3.26. The first-order chi connectivity index (χ1) is 14.4. The number of aromatic nitrogens is 4. The Labute approximate surface area is 172 Å². The number of methoxy groups -OCH3 is 1. The monoisotopic (exact) mass is 406 g/mol. The van der Waals surface area contributed by atoms with Crippen LogP contribution in [-0.4, -0.2) is 25.8 Å². The lowest BCUT2D eigenvalue weighted by atomic mass is 10.2. The summed E-state index contributed by atoms with van der Waals surface area (Å²) in [5, 5.41) is 0. The second-order valence-corrected chi connectivity index (χ2v) is 7.08. The number of hydrogen-bond donors (Lipinski definition) is 0. The van der Waals surface area contributed by atoms with Crippen molar-refractivity contribution in [3.8, 4) is 17.5 Å². The SMILES string of the molecule is COc1cccc(Cn2c(Oc3ccccc3C)nc3c2c(=O)n(C)c(=O)n3C)c1. The molecule has 0 N–H and O–H groups in total. The third-order valence-corrected chi connectivity index (χ3v) is 5.08. The first-order valence-electron chi connectivity index (χ1n) is 9.43. The quantitative estimate of drug-likeness (QED) is 0.509. The molecule has 30 heavy (non-hydrogen) atoms. The Balaban J connectivity index is 1.95. The molecular weight excluding hydrogens is 384 g/mol. The molecule has 0 atom stereocenters. The fraction of sp³-hybridized carbons (Fsp3) is 0.227. The molecule has 8 heteroatoms. The minimum Gasteiger partial charge on any atom is -0.497 e. The third-order valence-electron chi connectivity index (χ3n) is 5.08. The van der Waals surface area contributed by atoms with Crippen LogP contribution in [-0.2, 0) is 20.6 Å². The zero-order valence-corrected chi connectivity index (χ0v) is 17.2. The lowest BCUT2D eigenvalue weighted by Crippen LogP contribution is -2.37. The molecule has 154 valence electrons. The van der Waals surface area contributed by atoms with Gasteiger partial charge < -0.3 is 9.47 Å². The van der Waals surface area contributed by atoms with E-state index in [0.29, 0.717) is 23.6 Å². The van der Waals surface area contributed by atoms with Crippen LogP contribution >= 0.6 is 0 Å². The molecule has 4 rings (SSSR count). The molecule has 0 aliphatic rings. The Kier molecular flexibility index (Phi) is 4.91. The Morgan fingerprint density at radius 3 is 2.50 bits per heavy atom. The Hall–Kier alpha value is -3.81. The fourth-order valence-electron chi connectivity index (χ4n) is 3.37. The molecular formula is C22H22N4O4. The van der Waals surface area contributed by atoms with Gasteiger partial charge in [-0.3, -0.25) is 18.5 Å². The van der Waals surface area contributed by atoms with Crippen LogP contribution in [0.1, 0.15) is 11.1 Å². The average Bonchev–Trinajstić information content (AvgIpc) is 3.10. The van der Waals surface area contributed by atoms with Gasteiger partial charge in [0.25, 0.3) is 5.56 Å². The van der Waals surface area contributed by atoms with Gasteiger partial charge in [0, 0.05) is 14.1 Å². The van der Waals surface area contributed by atoms with Crippen molar-refractivity contribution in [2.45, 2.75) is 13.5 Å². The van der Waals surface area contributed by atoms with E-state index < -0.39 is 11.2 Å². The van der Waals surface area contributed by atoms with Gasteiger partial charge in [-0.25, -0.2) is 4.79 Å². The van der Waals surface area contributed by atoms with E-state index >= 15 is 0 Å². The molecule has 0 saturated heterocycles. The number of fused-ring (bicyclic) bond motifs is 1. The number of imidazole rings is 1. The summed E-state index contributed by atoms with van der Waals surface area (Å²) in [6.45, 7) is 2.25. The predicted octanol–water partition coefficient (Wildman–Crippen LogP) is 2.59. The summed E-state index contributed by atoms with van der Waals surface area (Å²) in [6, 6.07) is 15.3. The molecule has 0 bridgehead atoms. The molecule has 0 aliphatic carbocycles. The van der Waals surface area contributed by atoms with Crippen molar-refractivity contribution in [2.75, 3.05) is 7.11 Å². The second kappa shape index (κ2) is 7.55. The summed E-state index contributed by atoms with van der Waals surface area (Å²) < 4.78 is 15.5. The van der Waals surface area contributed by atoms with E-state index in [0.717, 1.165) is 15.7 Å². The maximum atomic E-state index is 13.0. The summed E-state index contributed by atoms with van der Waals surface area (Å²) in [4.78, 5) is 29.9. The summed E-state index contributed by atoms with van der Waals surface area (Å²) in [5.41, 5.74) is 1.53. The molecule has 0 spiro atoms. The highest BCUT2D eigenvalue weighted by atomic mass is 16.5. The summed E-state index contributed by atoms with van der Waals surface area (Å²) in [6.07, 6.45) is 0. The maximum absolute atomic E-state index is 13.0. The van der Waals surface area contributed by atoms with Gasteiger partial charge in [-0.15, -0.1) is 0 Å². The molecule has 0 aliphatic heterocycles. The zero-order valence-electron chi connectivity index (χ0n) is 17.2. The standard InChI is InChI=1S/C22H22N4O4/c1-14-8-5-6-11-17(14)30-21-23-19-18(20(27)25(3)22(28)24(19)2)26(21)13-15-9-7-10-16(12-15)29-4/h5-12H,13H2,1-4H3. The van der Waals surface area contributed by atoms with Gasteiger partial charge in [-0.2, -0.15) is 4.98 Å². The smallest absolute Gasteiger partial charge is 0.332 e. The largest absolute Gasteiger partial charge is 0.497 e. The molecule has 2 aromatic heterocycles. The Morgan fingerprint density at radius 2 is 1.77 bits per heavy atom. The van der Waals surface area contributed by atoms with Crippen molar-refractivity contribution in [1.29, 1.82) is 0 Å². The Bertz CT molecular complexity index is 1360. The predicted molar refractivity (Wildman–Crippen MR) is 114 cm³/mol. The van der Waals surface area contributed by atoms with Crippen LogP contribution in [0.2, 0.25) is 0 Å². The first kappa shape index (κ1) is 19.5. The molecule has 4 aromatic rings. The van der Waals surface area contributed by atoms with E-state index in [2.05, 4.69) is 4.98 Å². The van der Waals surface area contributed by atoms with Gasteiger partial charge in [0.05, 0.1) is 13.7 Å². The molecule has 2 heterocycles. The van der Waals surface area contributed by atoms with E-state index in [1.54, 1.807) is 18.7 Å². The topological polar surface area (TPSA) is 80.3 Å². The van der Waals surface area contributed by atoms with Crippen LogP contribution in [0.25, 0.3) is 11.2 Å². The minimum atomic E-state index is -0.444. The lowest BCUT2D eigenvalue weighted by Gasteiger charge is -2.12.